The van der Waals surface area contributed by atoms with Gasteiger partial charge in [0, 0.05) is 23.4 Å². The van der Waals surface area contributed by atoms with E-state index in [-0.39, 0.29) is 60.2 Å². The fourth-order valence-electron chi connectivity index (χ4n) is 3.51. The lowest BCUT2D eigenvalue weighted by molar-refractivity contribution is -0.0838. The maximum absolute atomic E-state index is 13.4. The number of amides is 2. The molecule has 0 N–H and O–H groups in total. The lowest BCUT2D eigenvalue weighted by Crippen LogP contribution is -2.44. The number of fused-ring (bicyclic) bond motifs is 1. The minimum absolute atomic E-state index is 0.0862. The summed E-state index contributed by atoms with van der Waals surface area (Å²) in [4.78, 5) is 26.5. The van der Waals surface area contributed by atoms with E-state index in [2.05, 4.69) is 5.16 Å². The molecule has 11 heteroatoms. The standard InChI is InChI=1S/C24H31ClF2N2O6/c1-22(2,3)33-20(30)29(21(31)34-23(4,5)6)19-16-12-17(25)14(11-18(16)35-28-19)13-32-15-7-9-24(26,27)10-8-15/h11-12,15H,7-10,13H2,1-6H3. The van der Waals surface area contributed by atoms with Gasteiger partial charge < -0.3 is 18.7 Å². The monoisotopic (exact) mass is 516 g/mol. The number of aromatic nitrogens is 1. The van der Waals surface area contributed by atoms with Gasteiger partial charge in [-0.15, -0.1) is 0 Å². The van der Waals surface area contributed by atoms with Crippen molar-refractivity contribution in [3.05, 3.63) is 22.7 Å². The van der Waals surface area contributed by atoms with Gasteiger partial charge in [-0.3, -0.25) is 0 Å². The minimum atomic E-state index is -2.64. The van der Waals surface area contributed by atoms with Gasteiger partial charge in [-0.2, -0.15) is 4.90 Å². The first kappa shape index (κ1) is 27.1. The average molecular weight is 517 g/mol. The zero-order valence-corrected chi connectivity index (χ0v) is 21.5. The minimum Gasteiger partial charge on any atom is -0.443 e. The number of halogens is 3. The molecule has 0 atom stereocenters. The quantitative estimate of drug-likeness (QED) is 0.422. The number of carbonyl (C=O) groups is 2. The van der Waals surface area contributed by atoms with Gasteiger partial charge in [0.05, 0.1) is 18.1 Å². The van der Waals surface area contributed by atoms with E-state index in [4.69, 9.17) is 30.3 Å². The molecule has 1 aliphatic rings. The molecule has 2 amide bonds. The Labute approximate surface area is 207 Å². The molecule has 194 valence electrons. The van der Waals surface area contributed by atoms with Crippen LogP contribution in [0.1, 0.15) is 72.8 Å². The van der Waals surface area contributed by atoms with Gasteiger partial charge in [-0.25, -0.2) is 18.4 Å². The topological polar surface area (TPSA) is 91.1 Å². The van der Waals surface area contributed by atoms with E-state index in [1.54, 1.807) is 47.6 Å². The van der Waals surface area contributed by atoms with Crippen molar-refractivity contribution in [1.82, 2.24) is 5.16 Å². The van der Waals surface area contributed by atoms with Gasteiger partial charge >= 0.3 is 12.2 Å². The van der Waals surface area contributed by atoms with Crippen molar-refractivity contribution >= 4 is 40.6 Å². The molecule has 1 heterocycles. The summed E-state index contributed by atoms with van der Waals surface area (Å²) in [5.41, 5.74) is -0.972. The van der Waals surface area contributed by atoms with Gasteiger partial charge in [0.1, 0.15) is 11.2 Å². The predicted molar refractivity (Wildman–Crippen MR) is 126 cm³/mol. The van der Waals surface area contributed by atoms with Crippen LogP contribution in [0.25, 0.3) is 11.0 Å². The van der Waals surface area contributed by atoms with Crippen molar-refractivity contribution in [3.8, 4) is 0 Å². The van der Waals surface area contributed by atoms with Crippen molar-refractivity contribution in [2.45, 2.75) is 97.1 Å². The Balaban J connectivity index is 1.86. The summed E-state index contributed by atoms with van der Waals surface area (Å²) in [6.45, 7) is 10.1. The second-order valence-corrected chi connectivity index (χ2v) is 11.0. The van der Waals surface area contributed by atoms with Gasteiger partial charge in [0.2, 0.25) is 5.92 Å². The lowest BCUT2D eigenvalue weighted by atomic mass is 9.94. The summed E-state index contributed by atoms with van der Waals surface area (Å²) in [5.74, 6) is -2.77. The van der Waals surface area contributed by atoms with Crippen LogP contribution in [-0.4, -0.2) is 40.6 Å². The first-order valence-corrected chi connectivity index (χ1v) is 11.8. The Morgan fingerprint density at radius 3 is 2.14 bits per heavy atom. The molecule has 3 rings (SSSR count). The molecule has 2 aromatic rings. The van der Waals surface area contributed by atoms with Gasteiger partial charge in [0.15, 0.2) is 11.4 Å². The fourth-order valence-corrected chi connectivity index (χ4v) is 3.73. The molecule has 0 spiro atoms. The molecule has 1 aromatic carbocycles. The van der Waals surface area contributed by atoms with E-state index < -0.39 is 29.3 Å². The van der Waals surface area contributed by atoms with E-state index in [1.807, 2.05) is 0 Å². The van der Waals surface area contributed by atoms with Crippen LogP contribution in [0.3, 0.4) is 0 Å². The third kappa shape index (κ3) is 7.27. The molecule has 0 bridgehead atoms. The number of imide groups is 1. The van der Waals surface area contributed by atoms with Crippen molar-refractivity contribution in [2.24, 2.45) is 0 Å². The maximum atomic E-state index is 13.4. The highest BCUT2D eigenvalue weighted by atomic mass is 35.5. The van der Waals surface area contributed by atoms with E-state index >= 15 is 0 Å². The molecule has 0 radical (unpaired) electrons. The number of nitrogens with zero attached hydrogens (tertiary/aromatic N) is 2. The Bertz CT molecular complexity index is 1050. The highest BCUT2D eigenvalue weighted by molar-refractivity contribution is 6.32. The number of hydrogen-bond acceptors (Lipinski definition) is 7. The molecular weight excluding hydrogens is 486 g/mol. The molecule has 1 saturated carbocycles. The summed E-state index contributed by atoms with van der Waals surface area (Å²) >= 11 is 6.45. The highest BCUT2D eigenvalue weighted by Crippen LogP contribution is 2.36. The third-order valence-corrected chi connectivity index (χ3v) is 5.47. The van der Waals surface area contributed by atoms with Crippen molar-refractivity contribution in [3.63, 3.8) is 0 Å². The smallest absolute Gasteiger partial charge is 0.425 e. The molecule has 1 aromatic heterocycles. The Hall–Kier alpha value is -2.46. The average Bonchev–Trinajstić information content (AvgIpc) is 3.06. The van der Waals surface area contributed by atoms with E-state index in [0.29, 0.717) is 10.5 Å². The molecule has 1 fully saturated rings. The summed E-state index contributed by atoms with van der Waals surface area (Å²) in [5, 5.41) is 4.47. The van der Waals surface area contributed by atoms with Crippen LogP contribution >= 0.6 is 11.6 Å². The number of rotatable bonds is 4. The highest BCUT2D eigenvalue weighted by Gasteiger charge is 2.37. The van der Waals surface area contributed by atoms with Gasteiger partial charge in [0.25, 0.3) is 0 Å². The first-order chi connectivity index (χ1) is 16.0. The van der Waals surface area contributed by atoms with Crippen LogP contribution in [0.5, 0.6) is 0 Å². The number of anilines is 1. The van der Waals surface area contributed by atoms with E-state index in [0.717, 1.165) is 0 Å². The van der Waals surface area contributed by atoms with Crippen LogP contribution in [0.4, 0.5) is 24.2 Å². The number of ether oxygens (including phenoxy) is 3. The second kappa shape index (κ2) is 9.89. The number of benzene rings is 1. The number of hydrogen-bond donors (Lipinski definition) is 0. The molecule has 1 aliphatic carbocycles. The summed E-state index contributed by atoms with van der Waals surface area (Å²) in [6.07, 6.45) is -2.15. The zero-order valence-electron chi connectivity index (χ0n) is 20.7. The van der Waals surface area contributed by atoms with Crippen molar-refractivity contribution in [2.75, 3.05) is 4.90 Å². The van der Waals surface area contributed by atoms with E-state index in [9.17, 15) is 18.4 Å². The Morgan fingerprint density at radius 1 is 1.09 bits per heavy atom. The maximum Gasteiger partial charge on any atom is 0.425 e. The van der Waals surface area contributed by atoms with Crippen LogP contribution < -0.4 is 4.90 Å². The number of carbonyl (C=O) groups excluding carboxylic acids is 2. The van der Waals surface area contributed by atoms with Crippen LogP contribution in [0.2, 0.25) is 5.02 Å². The third-order valence-electron chi connectivity index (χ3n) is 5.12. The Morgan fingerprint density at radius 2 is 1.63 bits per heavy atom. The fraction of sp³-hybridized carbons (Fsp3) is 0.625. The second-order valence-electron chi connectivity index (χ2n) is 10.6. The largest absolute Gasteiger partial charge is 0.443 e. The Kier molecular flexibility index (Phi) is 7.67. The van der Waals surface area contributed by atoms with E-state index in [1.165, 1.54) is 6.07 Å². The van der Waals surface area contributed by atoms with Crippen LogP contribution in [-0.2, 0) is 20.8 Å². The van der Waals surface area contributed by atoms with Crippen molar-refractivity contribution < 1.29 is 37.1 Å². The first-order valence-electron chi connectivity index (χ1n) is 11.4. The molecule has 0 aliphatic heterocycles. The summed E-state index contributed by atoms with van der Waals surface area (Å²) in [6, 6.07) is 3.08. The molecular formula is C24H31ClF2N2O6. The van der Waals surface area contributed by atoms with Crippen LogP contribution in [0.15, 0.2) is 16.7 Å². The molecule has 0 saturated heterocycles. The van der Waals surface area contributed by atoms with Crippen LogP contribution in [0, 0.1) is 0 Å². The summed E-state index contributed by atoms with van der Waals surface area (Å²) in [7, 11) is 0. The summed E-state index contributed by atoms with van der Waals surface area (Å²) < 4.78 is 48.7. The van der Waals surface area contributed by atoms with Gasteiger partial charge in [-0.1, -0.05) is 16.8 Å². The molecule has 35 heavy (non-hydrogen) atoms. The molecule has 8 nitrogen and oxygen atoms in total. The normalized spacial score (nSPS) is 16.8. The molecule has 0 unspecified atom stereocenters. The lowest BCUT2D eigenvalue weighted by Gasteiger charge is -2.28. The SMILES string of the molecule is CC(C)(C)OC(=O)N(C(=O)OC(C)(C)C)c1noc2cc(COC3CCC(F)(F)CC3)c(Cl)cc12. The van der Waals surface area contributed by atoms with Gasteiger partial charge in [-0.05, 0) is 66.5 Å². The zero-order chi connectivity index (χ0) is 26.2. The van der Waals surface area contributed by atoms with Crippen molar-refractivity contribution in [1.29, 1.82) is 0 Å². The number of alkyl halides is 2. The predicted octanol–water partition coefficient (Wildman–Crippen LogP) is 7.25.